The Morgan fingerprint density at radius 2 is 2.04 bits per heavy atom. The second-order valence-corrected chi connectivity index (χ2v) is 7.27. The summed E-state index contributed by atoms with van der Waals surface area (Å²) >= 11 is 1.61. The Balaban J connectivity index is 2.25. The van der Waals surface area contributed by atoms with Crippen LogP contribution in [0.3, 0.4) is 0 Å². The Labute approximate surface area is 152 Å². The molecule has 0 atom stereocenters. The molecule has 0 aliphatic carbocycles. The van der Waals surface area contributed by atoms with E-state index < -0.39 is 0 Å². The summed E-state index contributed by atoms with van der Waals surface area (Å²) in [7, 11) is 0. The van der Waals surface area contributed by atoms with Gasteiger partial charge in [-0.25, -0.2) is 9.97 Å². The van der Waals surface area contributed by atoms with Gasteiger partial charge < -0.3 is 15.0 Å². The number of benzene rings is 1. The molecule has 0 aliphatic heterocycles. The van der Waals surface area contributed by atoms with Gasteiger partial charge in [-0.1, -0.05) is 30.1 Å². The number of rotatable bonds is 7. The van der Waals surface area contributed by atoms with Gasteiger partial charge >= 0.3 is 0 Å². The summed E-state index contributed by atoms with van der Waals surface area (Å²) in [6.07, 6.45) is 2.03. The molecule has 0 aliphatic rings. The molecule has 0 saturated carbocycles. The number of hydrogen-bond donors (Lipinski definition) is 2. The van der Waals surface area contributed by atoms with E-state index in [9.17, 15) is 0 Å². The first-order chi connectivity index (χ1) is 12.0. The first kappa shape index (κ1) is 18.0. The molecule has 1 aromatic carbocycles. The first-order valence-corrected chi connectivity index (χ1v) is 9.60. The summed E-state index contributed by atoms with van der Waals surface area (Å²) in [4.78, 5) is 9.27. The Morgan fingerprint density at radius 1 is 1.28 bits per heavy atom. The lowest BCUT2D eigenvalue weighted by Crippen LogP contribution is -2.39. The lowest BCUT2D eigenvalue weighted by Gasteiger charge is -2.27. The SMILES string of the molecule is CCOCc1nc2c(N)nc3ccccc3c2n1CC(C)(C)NSC. The van der Waals surface area contributed by atoms with Gasteiger partial charge in [0.25, 0.3) is 0 Å². The fraction of sp³-hybridized carbons (Fsp3) is 0.444. The van der Waals surface area contributed by atoms with Gasteiger partial charge in [0.2, 0.25) is 0 Å². The third kappa shape index (κ3) is 3.58. The van der Waals surface area contributed by atoms with Crippen molar-refractivity contribution in [2.75, 3.05) is 18.6 Å². The molecule has 0 saturated heterocycles. The fourth-order valence-electron chi connectivity index (χ4n) is 3.08. The zero-order chi connectivity index (χ0) is 18.0. The summed E-state index contributed by atoms with van der Waals surface area (Å²) in [5.41, 5.74) is 8.74. The summed E-state index contributed by atoms with van der Waals surface area (Å²) in [6.45, 7) is 8.18. The number of anilines is 1. The van der Waals surface area contributed by atoms with Gasteiger partial charge in [0.15, 0.2) is 5.82 Å². The van der Waals surface area contributed by atoms with E-state index in [2.05, 4.69) is 34.2 Å². The fourth-order valence-corrected chi connectivity index (χ4v) is 3.70. The smallest absolute Gasteiger partial charge is 0.152 e. The quantitative estimate of drug-likeness (QED) is 0.630. The second kappa shape index (κ2) is 7.19. The Bertz CT molecular complexity index is 890. The lowest BCUT2D eigenvalue weighted by molar-refractivity contribution is 0.125. The minimum absolute atomic E-state index is 0.118. The van der Waals surface area contributed by atoms with E-state index in [0.29, 0.717) is 19.0 Å². The van der Waals surface area contributed by atoms with Crippen molar-refractivity contribution in [3.05, 3.63) is 30.1 Å². The van der Waals surface area contributed by atoms with E-state index >= 15 is 0 Å². The van der Waals surface area contributed by atoms with Crippen LogP contribution in [0.1, 0.15) is 26.6 Å². The number of pyridine rings is 1. The Hall–Kier alpha value is -1.83. The number of para-hydroxylation sites is 1. The van der Waals surface area contributed by atoms with E-state index in [1.807, 2.05) is 31.4 Å². The van der Waals surface area contributed by atoms with Crippen LogP contribution in [0.5, 0.6) is 0 Å². The molecule has 3 N–H and O–H groups in total. The number of nitrogens with one attached hydrogen (secondary N) is 1. The molecule has 6 nitrogen and oxygen atoms in total. The van der Waals surface area contributed by atoms with Crippen molar-refractivity contribution in [3.63, 3.8) is 0 Å². The van der Waals surface area contributed by atoms with E-state index in [1.54, 1.807) is 11.9 Å². The van der Waals surface area contributed by atoms with Crippen molar-refractivity contribution in [1.29, 1.82) is 0 Å². The molecule has 3 aromatic rings. The van der Waals surface area contributed by atoms with Gasteiger partial charge in [-0.3, -0.25) is 4.72 Å². The van der Waals surface area contributed by atoms with Crippen molar-refractivity contribution in [2.45, 2.75) is 39.5 Å². The number of ether oxygens (including phenoxy) is 1. The largest absolute Gasteiger partial charge is 0.382 e. The van der Waals surface area contributed by atoms with Crippen molar-refractivity contribution in [1.82, 2.24) is 19.3 Å². The normalized spacial score (nSPS) is 12.3. The molecular formula is C18H25N5OS. The van der Waals surface area contributed by atoms with E-state index in [-0.39, 0.29) is 5.54 Å². The molecule has 2 heterocycles. The van der Waals surface area contributed by atoms with Gasteiger partial charge in [-0.15, -0.1) is 0 Å². The van der Waals surface area contributed by atoms with Crippen LogP contribution in [0.15, 0.2) is 24.3 Å². The number of nitrogens with zero attached hydrogens (tertiary/aromatic N) is 3. The first-order valence-electron chi connectivity index (χ1n) is 8.38. The third-order valence-corrected chi connectivity index (χ3v) is 4.81. The van der Waals surface area contributed by atoms with Gasteiger partial charge in [0, 0.05) is 24.1 Å². The second-order valence-electron chi connectivity index (χ2n) is 6.65. The van der Waals surface area contributed by atoms with Gasteiger partial charge in [0.1, 0.15) is 17.9 Å². The predicted molar refractivity (Wildman–Crippen MR) is 106 cm³/mol. The van der Waals surface area contributed by atoms with Crippen LogP contribution >= 0.6 is 11.9 Å². The minimum Gasteiger partial charge on any atom is -0.382 e. The number of fused-ring (bicyclic) bond motifs is 3. The number of nitrogens with two attached hydrogens (primary N) is 1. The molecule has 7 heteroatoms. The standard InChI is InChI=1S/C18H25N5OS/c1-5-24-10-14-21-15-16(23(14)11-18(2,3)22-25-4)12-8-6-7-9-13(12)20-17(15)19/h6-9,22H,5,10-11H2,1-4H3,(H2,19,20). The maximum absolute atomic E-state index is 6.21. The van der Waals surface area contributed by atoms with Gasteiger partial charge in [-0.2, -0.15) is 0 Å². The topological polar surface area (TPSA) is 78.0 Å². The molecule has 0 bridgehead atoms. The molecule has 3 rings (SSSR count). The van der Waals surface area contributed by atoms with Crippen molar-refractivity contribution in [2.24, 2.45) is 0 Å². The monoisotopic (exact) mass is 359 g/mol. The summed E-state index contributed by atoms with van der Waals surface area (Å²) in [6, 6.07) is 8.05. The zero-order valence-corrected chi connectivity index (χ0v) is 16.0. The van der Waals surface area contributed by atoms with Crippen LogP contribution in [-0.4, -0.2) is 32.9 Å². The predicted octanol–water partition coefficient (Wildman–Crippen LogP) is 3.35. The van der Waals surface area contributed by atoms with Crippen LogP contribution in [0.25, 0.3) is 21.9 Å². The Kier molecular flexibility index (Phi) is 5.17. The van der Waals surface area contributed by atoms with Crippen molar-refractivity contribution < 1.29 is 4.74 Å². The zero-order valence-electron chi connectivity index (χ0n) is 15.2. The van der Waals surface area contributed by atoms with E-state index in [1.165, 1.54) is 0 Å². The number of aromatic nitrogens is 3. The van der Waals surface area contributed by atoms with Crippen molar-refractivity contribution in [3.8, 4) is 0 Å². The summed E-state index contributed by atoms with van der Waals surface area (Å²) in [5.74, 6) is 1.33. The van der Waals surface area contributed by atoms with Crippen LogP contribution < -0.4 is 10.5 Å². The van der Waals surface area contributed by atoms with Gasteiger partial charge in [-0.05, 0) is 33.1 Å². The maximum Gasteiger partial charge on any atom is 0.152 e. The van der Waals surface area contributed by atoms with Crippen LogP contribution in [0, 0.1) is 0 Å². The summed E-state index contributed by atoms with van der Waals surface area (Å²) in [5, 5.41) is 1.06. The molecule has 2 aromatic heterocycles. The summed E-state index contributed by atoms with van der Waals surface area (Å²) < 4.78 is 11.3. The van der Waals surface area contributed by atoms with Crippen LogP contribution in [0.4, 0.5) is 5.82 Å². The Morgan fingerprint density at radius 3 is 2.76 bits per heavy atom. The highest BCUT2D eigenvalue weighted by Gasteiger charge is 2.24. The number of hydrogen-bond acceptors (Lipinski definition) is 6. The third-order valence-electron chi connectivity index (χ3n) is 4.06. The lowest BCUT2D eigenvalue weighted by atomic mass is 10.1. The molecule has 134 valence electrons. The van der Waals surface area contributed by atoms with Crippen molar-refractivity contribution >= 4 is 39.7 Å². The highest BCUT2D eigenvalue weighted by Crippen LogP contribution is 2.30. The molecule has 0 radical (unpaired) electrons. The average Bonchev–Trinajstić information content (AvgIpc) is 2.91. The molecule has 0 fully saturated rings. The van der Waals surface area contributed by atoms with Crippen LogP contribution in [-0.2, 0) is 17.9 Å². The molecule has 0 spiro atoms. The number of imidazole rings is 1. The number of nitrogen functional groups attached to an aromatic ring is 1. The molecule has 0 unspecified atom stereocenters. The van der Waals surface area contributed by atoms with Crippen LogP contribution in [0.2, 0.25) is 0 Å². The maximum atomic E-state index is 6.21. The van der Waals surface area contributed by atoms with Gasteiger partial charge in [0.05, 0.1) is 11.0 Å². The highest BCUT2D eigenvalue weighted by molar-refractivity contribution is 7.96. The average molecular weight is 359 g/mol. The molecule has 0 amide bonds. The highest BCUT2D eigenvalue weighted by atomic mass is 32.2. The van der Waals surface area contributed by atoms with E-state index in [4.69, 9.17) is 15.5 Å². The van der Waals surface area contributed by atoms with E-state index in [0.717, 1.165) is 34.3 Å². The molecular weight excluding hydrogens is 334 g/mol. The molecule has 25 heavy (non-hydrogen) atoms. The minimum atomic E-state index is -0.118.